The molecule has 2 aromatic heterocycles. The van der Waals surface area contributed by atoms with E-state index in [1.165, 1.54) is 6.20 Å². The fraction of sp³-hybridized carbons (Fsp3) is 0.407. The second kappa shape index (κ2) is 12.3. The number of amides is 3. The van der Waals surface area contributed by atoms with E-state index in [-0.39, 0.29) is 41.0 Å². The zero-order valence-electron chi connectivity index (χ0n) is 21.6. The van der Waals surface area contributed by atoms with E-state index in [9.17, 15) is 14.4 Å². The van der Waals surface area contributed by atoms with Crippen LogP contribution >= 0.6 is 11.6 Å². The summed E-state index contributed by atoms with van der Waals surface area (Å²) in [5, 5.41) is 6.60. The number of benzene rings is 1. The SMILES string of the molecule is COCCOc1ccc2oc(C(=O)Nc3ccc(Cl)cn3)c(NC(=O)C3CCC(N(C)C(C)=O)CC3)c2c1. The summed E-state index contributed by atoms with van der Waals surface area (Å²) in [4.78, 5) is 44.1. The van der Waals surface area contributed by atoms with Gasteiger partial charge in [-0.25, -0.2) is 4.98 Å². The van der Waals surface area contributed by atoms with E-state index in [0.29, 0.717) is 47.8 Å². The lowest BCUT2D eigenvalue weighted by Crippen LogP contribution is -2.40. The summed E-state index contributed by atoms with van der Waals surface area (Å²) in [5.41, 5.74) is 0.678. The Hall–Kier alpha value is -3.63. The number of methoxy groups -OCH3 is 1. The highest BCUT2D eigenvalue weighted by Gasteiger charge is 2.31. The number of furan rings is 1. The van der Waals surface area contributed by atoms with Gasteiger partial charge in [-0.2, -0.15) is 0 Å². The maximum atomic E-state index is 13.3. The number of halogens is 1. The lowest BCUT2D eigenvalue weighted by Gasteiger charge is -2.33. The van der Waals surface area contributed by atoms with Crippen molar-refractivity contribution in [2.45, 2.75) is 38.6 Å². The molecule has 0 spiro atoms. The molecule has 2 heterocycles. The van der Waals surface area contributed by atoms with Crippen LogP contribution in [0.5, 0.6) is 5.75 Å². The third-order valence-electron chi connectivity index (χ3n) is 6.75. The Morgan fingerprint density at radius 2 is 1.87 bits per heavy atom. The number of aromatic nitrogens is 1. The molecule has 2 N–H and O–H groups in total. The normalized spacial score (nSPS) is 17.2. The van der Waals surface area contributed by atoms with Crippen LogP contribution in [0.2, 0.25) is 5.02 Å². The van der Waals surface area contributed by atoms with Crippen molar-refractivity contribution in [3.8, 4) is 5.75 Å². The number of fused-ring (bicyclic) bond motifs is 1. The third kappa shape index (κ3) is 6.43. The van der Waals surface area contributed by atoms with Gasteiger partial charge in [0.05, 0.1) is 11.6 Å². The zero-order chi connectivity index (χ0) is 27.2. The van der Waals surface area contributed by atoms with Crippen LogP contribution in [-0.2, 0) is 14.3 Å². The van der Waals surface area contributed by atoms with Gasteiger partial charge in [-0.3, -0.25) is 14.4 Å². The number of ether oxygens (including phenoxy) is 2. The van der Waals surface area contributed by atoms with Gasteiger partial charge in [0.25, 0.3) is 5.91 Å². The Morgan fingerprint density at radius 1 is 1.11 bits per heavy atom. The van der Waals surface area contributed by atoms with Crippen molar-refractivity contribution < 1.29 is 28.3 Å². The van der Waals surface area contributed by atoms with Gasteiger partial charge in [0.15, 0.2) is 0 Å². The molecule has 202 valence electrons. The molecule has 1 saturated carbocycles. The van der Waals surface area contributed by atoms with E-state index in [2.05, 4.69) is 15.6 Å². The van der Waals surface area contributed by atoms with E-state index in [0.717, 1.165) is 12.8 Å². The first kappa shape index (κ1) is 27.4. The number of hydrogen-bond donors (Lipinski definition) is 2. The van der Waals surface area contributed by atoms with E-state index in [1.54, 1.807) is 56.3 Å². The Labute approximate surface area is 225 Å². The van der Waals surface area contributed by atoms with Crippen LogP contribution in [0, 0.1) is 5.92 Å². The van der Waals surface area contributed by atoms with Gasteiger partial charge in [0, 0.05) is 44.6 Å². The summed E-state index contributed by atoms with van der Waals surface area (Å²) in [6, 6.07) is 8.43. The summed E-state index contributed by atoms with van der Waals surface area (Å²) in [5.74, 6) is -0.243. The van der Waals surface area contributed by atoms with Gasteiger partial charge < -0.3 is 29.4 Å². The van der Waals surface area contributed by atoms with E-state index in [4.69, 9.17) is 25.5 Å². The smallest absolute Gasteiger partial charge is 0.294 e. The van der Waals surface area contributed by atoms with Crippen LogP contribution in [0.1, 0.15) is 43.2 Å². The molecule has 0 radical (unpaired) electrons. The molecular formula is C27H31ClN4O6. The van der Waals surface area contributed by atoms with Crippen LogP contribution in [0.3, 0.4) is 0 Å². The zero-order valence-corrected chi connectivity index (χ0v) is 22.3. The summed E-state index contributed by atoms with van der Waals surface area (Å²) in [7, 11) is 3.38. The van der Waals surface area contributed by atoms with Crippen molar-refractivity contribution >= 4 is 51.8 Å². The topological polar surface area (TPSA) is 123 Å². The molecule has 3 amide bonds. The summed E-state index contributed by atoms with van der Waals surface area (Å²) in [6.07, 6.45) is 4.14. The van der Waals surface area contributed by atoms with Crippen molar-refractivity contribution in [1.29, 1.82) is 0 Å². The molecule has 1 aromatic carbocycles. The lowest BCUT2D eigenvalue weighted by atomic mass is 9.84. The fourth-order valence-corrected chi connectivity index (χ4v) is 4.64. The largest absolute Gasteiger partial charge is 0.491 e. The summed E-state index contributed by atoms with van der Waals surface area (Å²) >= 11 is 5.90. The fourth-order valence-electron chi connectivity index (χ4n) is 4.52. The van der Waals surface area contributed by atoms with Crippen molar-refractivity contribution in [2.75, 3.05) is 38.0 Å². The lowest BCUT2D eigenvalue weighted by molar-refractivity contribution is -0.130. The molecule has 11 heteroatoms. The van der Waals surface area contributed by atoms with Gasteiger partial charge >= 0.3 is 0 Å². The molecule has 3 aromatic rings. The van der Waals surface area contributed by atoms with Gasteiger partial charge in [0.1, 0.15) is 29.4 Å². The van der Waals surface area contributed by atoms with E-state index in [1.807, 2.05) is 0 Å². The minimum Gasteiger partial charge on any atom is -0.491 e. The van der Waals surface area contributed by atoms with Crippen molar-refractivity contribution in [3.63, 3.8) is 0 Å². The number of anilines is 2. The number of carbonyl (C=O) groups is 3. The molecule has 1 aliphatic carbocycles. The molecular weight excluding hydrogens is 512 g/mol. The monoisotopic (exact) mass is 542 g/mol. The molecule has 0 bridgehead atoms. The highest BCUT2D eigenvalue weighted by atomic mass is 35.5. The van der Waals surface area contributed by atoms with Crippen LogP contribution in [0.25, 0.3) is 11.0 Å². The molecule has 0 aliphatic heterocycles. The molecule has 1 aliphatic rings. The van der Waals surface area contributed by atoms with Crippen molar-refractivity contribution in [1.82, 2.24) is 9.88 Å². The standard InChI is InChI=1S/C27H31ClN4O6/c1-16(33)32(2)19-7-4-17(5-8-19)26(34)31-24-21-14-20(37-13-12-36-3)9-10-22(21)38-25(24)27(35)30-23-11-6-18(28)15-29-23/h6,9-11,14-15,17,19H,4-5,7-8,12-13H2,1-3H3,(H,31,34)(H,29,30,35). The molecule has 0 unspecified atom stereocenters. The third-order valence-corrected chi connectivity index (χ3v) is 6.97. The average molecular weight is 543 g/mol. The molecule has 0 saturated heterocycles. The van der Waals surface area contributed by atoms with E-state index < -0.39 is 5.91 Å². The molecule has 4 rings (SSSR count). The number of rotatable bonds is 9. The Kier molecular flexibility index (Phi) is 8.85. The number of pyridine rings is 1. The van der Waals surface area contributed by atoms with Crippen molar-refractivity contribution in [2.24, 2.45) is 5.92 Å². The highest BCUT2D eigenvalue weighted by molar-refractivity contribution is 6.30. The first-order valence-electron chi connectivity index (χ1n) is 12.4. The average Bonchev–Trinajstić information content (AvgIpc) is 3.27. The van der Waals surface area contributed by atoms with E-state index >= 15 is 0 Å². The van der Waals surface area contributed by atoms with Crippen LogP contribution in [-0.4, -0.2) is 61.0 Å². The summed E-state index contributed by atoms with van der Waals surface area (Å²) in [6.45, 7) is 2.30. The number of carbonyl (C=O) groups excluding carboxylic acids is 3. The highest BCUT2D eigenvalue weighted by Crippen LogP contribution is 2.36. The predicted octanol–water partition coefficient (Wildman–Crippen LogP) is 4.73. The second-order valence-electron chi connectivity index (χ2n) is 9.25. The Bertz CT molecular complexity index is 1300. The van der Waals surface area contributed by atoms with Gasteiger partial charge in [-0.05, 0) is 56.0 Å². The van der Waals surface area contributed by atoms with Gasteiger partial charge in [-0.15, -0.1) is 0 Å². The van der Waals surface area contributed by atoms with Crippen LogP contribution < -0.4 is 15.4 Å². The minimum atomic E-state index is -0.569. The maximum absolute atomic E-state index is 13.3. The molecule has 10 nitrogen and oxygen atoms in total. The minimum absolute atomic E-state index is 0.0112. The molecule has 38 heavy (non-hydrogen) atoms. The molecule has 1 fully saturated rings. The van der Waals surface area contributed by atoms with Gasteiger partial charge in [-0.1, -0.05) is 11.6 Å². The maximum Gasteiger partial charge on any atom is 0.294 e. The first-order chi connectivity index (χ1) is 18.3. The number of nitrogens with zero attached hydrogens (tertiary/aromatic N) is 2. The first-order valence-corrected chi connectivity index (χ1v) is 12.8. The quantitative estimate of drug-likeness (QED) is 0.374. The summed E-state index contributed by atoms with van der Waals surface area (Å²) < 4.78 is 16.7. The molecule has 0 atom stereocenters. The van der Waals surface area contributed by atoms with Gasteiger partial charge in [0.2, 0.25) is 17.6 Å². The number of hydrogen-bond acceptors (Lipinski definition) is 7. The predicted molar refractivity (Wildman–Crippen MR) is 144 cm³/mol. The second-order valence-corrected chi connectivity index (χ2v) is 9.68. The van der Waals surface area contributed by atoms with Crippen LogP contribution in [0.15, 0.2) is 40.9 Å². The van der Waals surface area contributed by atoms with Crippen LogP contribution in [0.4, 0.5) is 11.5 Å². The Balaban J connectivity index is 1.58. The van der Waals surface area contributed by atoms with Crippen molar-refractivity contribution in [3.05, 3.63) is 47.3 Å². The number of nitrogens with one attached hydrogen (secondary N) is 2. The Morgan fingerprint density at radius 3 is 2.53 bits per heavy atom.